The number of carbonyl (C=O) groups excluding carboxylic acids is 1. The van der Waals surface area contributed by atoms with Crippen LogP contribution in [0, 0.1) is 0 Å². The molecule has 1 aliphatic rings. The summed E-state index contributed by atoms with van der Waals surface area (Å²) < 4.78 is 4.87. The molecular formula is C10H16N2O2. The van der Waals surface area contributed by atoms with E-state index in [1.54, 1.807) is 0 Å². The summed E-state index contributed by atoms with van der Waals surface area (Å²) in [6.45, 7) is 8.44. The van der Waals surface area contributed by atoms with Crippen LogP contribution in [0.5, 0.6) is 0 Å². The lowest BCUT2D eigenvalue weighted by atomic mass is 10.6. The van der Waals surface area contributed by atoms with E-state index in [4.69, 9.17) is 4.74 Å². The van der Waals surface area contributed by atoms with Crippen molar-refractivity contribution in [2.75, 3.05) is 26.4 Å². The van der Waals surface area contributed by atoms with E-state index in [1.165, 1.54) is 6.08 Å². The number of carbonyl (C=O) groups is 1. The fourth-order valence-corrected chi connectivity index (χ4v) is 1.19. The van der Waals surface area contributed by atoms with Gasteiger partial charge in [-0.2, -0.15) is 0 Å². The van der Waals surface area contributed by atoms with E-state index in [0.717, 1.165) is 19.8 Å². The van der Waals surface area contributed by atoms with Crippen molar-refractivity contribution < 1.29 is 9.53 Å². The number of esters is 1. The van der Waals surface area contributed by atoms with Crippen LogP contribution in [0.3, 0.4) is 0 Å². The molecule has 14 heavy (non-hydrogen) atoms. The van der Waals surface area contributed by atoms with Crippen molar-refractivity contribution in [2.24, 2.45) is 0 Å². The highest BCUT2D eigenvalue weighted by Gasteiger charge is 2.09. The molecule has 1 heterocycles. The van der Waals surface area contributed by atoms with Crippen molar-refractivity contribution in [3.05, 3.63) is 25.1 Å². The van der Waals surface area contributed by atoms with E-state index in [0.29, 0.717) is 6.61 Å². The highest BCUT2D eigenvalue weighted by atomic mass is 16.5. The Labute approximate surface area is 84.4 Å². The summed E-state index contributed by atoms with van der Waals surface area (Å²) in [5, 5.41) is 0. The summed E-state index contributed by atoms with van der Waals surface area (Å²) in [5.41, 5.74) is 0. The number of hydrogen-bond acceptors (Lipinski definition) is 4. The highest BCUT2D eigenvalue weighted by molar-refractivity contribution is 5.81. The fraction of sp³-hybridized carbons (Fsp3) is 0.500. The molecule has 0 aromatic carbocycles. The van der Waals surface area contributed by atoms with Gasteiger partial charge in [0.25, 0.3) is 0 Å². The molecule has 0 aromatic heterocycles. The van der Waals surface area contributed by atoms with Gasteiger partial charge in [0.2, 0.25) is 0 Å². The molecule has 78 valence electrons. The Bertz CT molecular complexity index is 238. The van der Waals surface area contributed by atoms with Crippen molar-refractivity contribution in [3.63, 3.8) is 0 Å². The summed E-state index contributed by atoms with van der Waals surface area (Å²) >= 11 is 0. The molecule has 0 N–H and O–H groups in total. The Morgan fingerprint density at radius 3 is 2.86 bits per heavy atom. The van der Waals surface area contributed by atoms with Crippen LogP contribution in [-0.4, -0.2) is 42.1 Å². The van der Waals surface area contributed by atoms with E-state index in [-0.39, 0.29) is 5.97 Å². The minimum atomic E-state index is -0.361. The Hall–Kier alpha value is -1.45. The quantitative estimate of drug-likeness (QED) is 0.480. The predicted octanol–water partition coefficient (Wildman–Crippen LogP) is 0.782. The van der Waals surface area contributed by atoms with Crippen LogP contribution in [0.4, 0.5) is 0 Å². The minimum Gasteiger partial charge on any atom is -0.461 e. The van der Waals surface area contributed by atoms with Crippen LogP contribution in [-0.2, 0) is 9.53 Å². The zero-order valence-corrected chi connectivity index (χ0v) is 8.48. The van der Waals surface area contributed by atoms with Crippen molar-refractivity contribution in [1.82, 2.24) is 9.80 Å². The van der Waals surface area contributed by atoms with E-state index in [9.17, 15) is 4.79 Å². The van der Waals surface area contributed by atoms with Gasteiger partial charge in [0, 0.05) is 25.0 Å². The molecule has 0 atom stereocenters. The SMILES string of the molecule is C=CC(=O)OCCN1C=CN(CC)C1. The second-order valence-electron chi connectivity index (χ2n) is 3.03. The molecule has 1 aliphatic heterocycles. The molecule has 0 unspecified atom stereocenters. The second kappa shape index (κ2) is 5.32. The number of ether oxygens (including phenoxy) is 1. The molecule has 4 heteroatoms. The number of nitrogens with zero attached hydrogens (tertiary/aromatic N) is 2. The molecule has 0 saturated heterocycles. The van der Waals surface area contributed by atoms with Gasteiger partial charge in [-0.15, -0.1) is 0 Å². The predicted molar refractivity (Wildman–Crippen MR) is 54.2 cm³/mol. The monoisotopic (exact) mass is 196 g/mol. The second-order valence-corrected chi connectivity index (χ2v) is 3.03. The first-order valence-electron chi connectivity index (χ1n) is 4.72. The summed E-state index contributed by atoms with van der Waals surface area (Å²) in [6, 6.07) is 0. The molecule has 0 aromatic rings. The molecule has 0 saturated carbocycles. The van der Waals surface area contributed by atoms with Crippen LogP contribution in [0.25, 0.3) is 0 Å². The lowest BCUT2D eigenvalue weighted by molar-refractivity contribution is -0.138. The van der Waals surface area contributed by atoms with Gasteiger partial charge in [-0.1, -0.05) is 6.58 Å². The summed E-state index contributed by atoms with van der Waals surface area (Å²) in [6.07, 6.45) is 5.22. The zero-order chi connectivity index (χ0) is 10.4. The van der Waals surface area contributed by atoms with E-state index in [2.05, 4.69) is 23.3 Å². The standard InChI is InChI=1S/C10H16N2O2/c1-3-10(13)14-8-7-12-6-5-11(4-2)9-12/h3,5-6H,1,4,7-9H2,2H3. The van der Waals surface area contributed by atoms with Gasteiger partial charge < -0.3 is 14.5 Å². The van der Waals surface area contributed by atoms with Gasteiger partial charge in [-0.25, -0.2) is 4.79 Å². The first-order chi connectivity index (χ1) is 6.76. The first-order valence-corrected chi connectivity index (χ1v) is 4.72. The first kappa shape index (κ1) is 10.6. The summed E-state index contributed by atoms with van der Waals surface area (Å²) in [7, 11) is 0. The molecule has 0 bridgehead atoms. The third-order valence-electron chi connectivity index (χ3n) is 2.05. The Balaban J connectivity index is 2.12. The van der Waals surface area contributed by atoms with E-state index >= 15 is 0 Å². The molecule has 0 aliphatic carbocycles. The Morgan fingerprint density at radius 2 is 2.29 bits per heavy atom. The molecule has 0 radical (unpaired) electrons. The van der Waals surface area contributed by atoms with Gasteiger partial charge in [0.15, 0.2) is 0 Å². The maximum atomic E-state index is 10.7. The maximum absolute atomic E-state index is 10.7. The zero-order valence-electron chi connectivity index (χ0n) is 8.48. The average molecular weight is 196 g/mol. The summed E-state index contributed by atoms with van der Waals surface area (Å²) in [4.78, 5) is 15.0. The Morgan fingerprint density at radius 1 is 1.57 bits per heavy atom. The molecule has 1 rings (SSSR count). The lowest BCUT2D eigenvalue weighted by Gasteiger charge is -2.19. The van der Waals surface area contributed by atoms with E-state index in [1.807, 2.05) is 12.4 Å². The molecular weight excluding hydrogens is 180 g/mol. The largest absolute Gasteiger partial charge is 0.461 e. The van der Waals surface area contributed by atoms with Crippen LogP contribution in [0.1, 0.15) is 6.92 Å². The van der Waals surface area contributed by atoms with Gasteiger partial charge in [0.05, 0.1) is 13.2 Å². The van der Waals surface area contributed by atoms with Crippen molar-refractivity contribution in [2.45, 2.75) is 6.92 Å². The highest BCUT2D eigenvalue weighted by Crippen LogP contribution is 2.04. The average Bonchev–Trinajstić information content (AvgIpc) is 2.65. The van der Waals surface area contributed by atoms with Gasteiger partial charge in [-0.3, -0.25) is 0 Å². The summed E-state index contributed by atoms with van der Waals surface area (Å²) in [5.74, 6) is -0.361. The topological polar surface area (TPSA) is 32.8 Å². The third-order valence-corrected chi connectivity index (χ3v) is 2.05. The Kier molecular flexibility index (Phi) is 4.04. The van der Waals surface area contributed by atoms with Gasteiger partial charge in [-0.05, 0) is 6.92 Å². The lowest BCUT2D eigenvalue weighted by Crippen LogP contribution is -2.28. The van der Waals surface area contributed by atoms with Gasteiger partial charge in [0.1, 0.15) is 6.61 Å². The van der Waals surface area contributed by atoms with Crippen LogP contribution < -0.4 is 0 Å². The van der Waals surface area contributed by atoms with Crippen molar-refractivity contribution in [1.29, 1.82) is 0 Å². The van der Waals surface area contributed by atoms with Gasteiger partial charge >= 0.3 is 5.97 Å². The van der Waals surface area contributed by atoms with E-state index < -0.39 is 0 Å². The normalized spacial score (nSPS) is 14.6. The van der Waals surface area contributed by atoms with Crippen LogP contribution in [0.15, 0.2) is 25.1 Å². The molecule has 4 nitrogen and oxygen atoms in total. The molecule has 0 fully saturated rings. The minimum absolute atomic E-state index is 0.361. The fourth-order valence-electron chi connectivity index (χ4n) is 1.19. The third kappa shape index (κ3) is 3.12. The van der Waals surface area contributed by atoms with Crippen LogP contribution in [0.2, 0.25) is 0 Å². The molecule has 0 amide bonds. The molecule has 0 spiro atoms. The van der Waals surface area contributed by atoms with Crippen molar-refractivity contribution >= 4 is 5.97 Å². The maximum Gasteiger partial charge on any atom is 0.330 e. The number of rotatable bonds is 5. The van der Waals surface area contributed by atoms with Crippen molar-refractivity contribution in [3.8, 4) is 0 Å². The smallest absolute Gasteiger partial charge is 0.330 e. The number of hydrogen-bond donors (Lipinski definition) is 0. The van der Waals surface area contributed by atoms with Crippen LogP contribution >= 0.6 is 0 Å².